The Bertz CT molecular complexity index is 891. The molecule has 1 saturated heterocycles. The molecule has 12 heteroatoms. The highest BCUT2D eigenvalue weighted by molar-refractivity contribution is 14.0. The molecule has 2 aromatic rings. The van der Waals surface area contributed by atoms with E-state index in [1.54, 1.807) is 13.1 Å². The number of aryl methyl sites for hydroxylation is 2. The van der Waals surface area contributed by atoms with E-state index in [1.807, 2.05) is 19.3 Å². The number of aliphatic imine (C=N–C) groups is 1. The SMILES string of the molecule is CN=C(NCCCCn1ccnc1C)N1CCN(S(=O)(=O)Cc2ccon2)CC1.I. The number of hydrogen-bond donors (Lipinski definition) is 1. The fraction of sp³-hybridized carbons (Fsp3) is 0.611. The maximum atomic E-state index is 12.5. The van der Waals surface area contributed by atoms with Crippen molar-refractivity contribution in [2.75, 3.05) is 39.8 Å². The Labute approximate surface area is 194 Å². The molecule has 0 radical (unpaired) electrons. The Kier molecular flexibility index (Phi) is 9.55. The lowest BCUT2D eigenvalue weighted by Crippen LogP contribution is -2.54. The van der Waals surface area contributed by atoms with Gasteiger partial charge in [-0.05, 0) is 19.8 Å². The van der Waals surface area contributed by atoms with Crippen LogP contribution >= 0.6 is 24.0 Å². The fourth-order valence-electron chi connectivity index (χ4n) is 3.35. The number of nitrogens with one attached hydrogen (secondary N) is 1. The van der Waals surface area contributed by atoms with Crippen molar-refractivity contribution in [3.63, 3.8) is 0 Å². The highest BCUT2D eigenvalue weighted by atomic mass is 127. The summed E-state index contributed by atoms with van der Waals surface area (Å²) in [4.78, 5) is 10.7. The van der Waals surface area contributed by atoms with Crippen LogP contribution in [0.5, 0.6) is 0 Å². The van der Waals surface area contributed by atoms with E-state index >= 15 is 0 Å². The largest absolute Gasteiger partial charge is 0.364 e. The van der Waals surface area contributed by atoms with Crippen LogP contribution in [-0.4, -0.2) is 78.1 Å². The van der Waals surface area contributed by atoms with Crippen LogP contribution in [0.3, 0.4) is 0 Å². The molecule has 1 N–H and O–H groups in total. The number of aromatic nitrogens is 3. The van der Waals surface area contributed by atoms with Crippen LogP contribution in [0.15, 0.2) is 34.2 Å². The molecule has 0 saturated carbocycles. The quantitative estimate of drug-likeness (QED) is 0.228. The van der Waals surface area contributed by atoms with Gasteiger partial charge < -0.3 is 19.3 Å². The number of halogens is 1. The molecular weight excluding hydrogens is 521 g/mol. The van der Waals surface area contributed by atoms with Gasteiger partial charge in [0.1, 0.15) is 17.8 Å². The summed E-state index contributed by atoms with van der Waals surface area (Å²) in [5.74, 6) is 1.72. The highest BCUT2D eigenvalue weighted by Crippen LogP contribution is 2.13. The van der Waals surface area contributed by atoms with Crippen LogP contribution in [0.25, 0.3) is 0 Å². The maximum Gasteiger partial charge on any atom is 0.220 e. The van der Waals surface area contributed by atoms with Gasteiger partial charge in [0.05, 0.1) is 5.69 Å². The first-order valence-corrected chi connectivity index (χ1v) is 11.4. The zero-order valence-electron chi connectivity index (χ0n) is 17.4. The Balaban J connectivity index is 0.00000320. The molecule has 3 rings (SSSR count). The summed E-state index contributed by atoms with van der Waals surface area (Å²) in [5.41, 5.74) is 0.427. The van der Waals surface area contributed by atoms with Crippen LogP contribution in [-0.2, 0) is 22.3 Å². The van der Waals surface area contributed by atoms with E-state index in [-0.39, 0.29) is 29.7 Å². The molecule has 168 valence electrons. The number of rotatable bonds is 8. The standard InChI is InChI=1S/C18H29N7O3S.HI/c1-16-20-7-9-23(16)8-4-3-6-21-18(19-2)24-10-12-25(13-11-24)29(26,27)15-17-5-14-28-22-17;/h5,7,9,14H,3-4,6,8,10-13,15H2,1-2H3,(H,19,21);1H. The average Bonchev–Trinajstić information content (AvgIpc) is 3.36. The first-order valence-electron chi connectivity index (χ1n) is 9.80. The Hall–Kier alpha value is -1.67. The van der Waals surface area contributed by atoms with Gasteiger partial charge in [0.15, 0.2) is 5.96 Å². The van der Waals surface area contributed by atoms with Crippen molar-refractivity contribution < 1.29 is 12.9 Å². The first-order chi connectivity index (χ1) is 14.0. The van der Waals surface area contributed by atoms with Crippen molar-refractivity contribution in [3.05, 3.63) is 36.2 Å². The van der Waals surface area contributed by atoms with Crippen LogP contribution in [0, 0.1) is 6.92 Å². The van der Waals surface area contributed by atoms with E-state index in [0.29, 0.717) is 31.9 Å². The third kappa shape index (κ3) is 6.67. The zero-order valence-corrected chi connectivity index (χ0v) is 20.5. The van der Waals surface area contributed by atoms with Crippen LogP contribution < -0.4 is 5.32 Å². The summed E-state index contributed by atoms with van der Waals surface area (Å²) in [6.45, 7) is 5.85. The normalized spacial score (nSPS) is 15.8. The number of hydrogen-bond acceptors (Lipinski definition) is 6. The minimum absolute atomic E-state index is 0. The van der Waals surface area contributed by atoms with Crippen molar-refractivity contribution in [2.24, 2.45) is 4.99 Å². The van der Waals surface area contributed by atoms with E-state index in [4.69, 9.17) is 4.52 Å². The summed E-state index contributed by atoms with van der Waals surface area (Å²) >= 11 is 0. The van der Waals surface area contributed by atoms with E-state index in [1.165, 1.54) is 10.6 Å². The van der Waals surface area contributed by atoms with Crippen molar-refractivity contribution in [2.45, 2.75) is 32.1 Å². The summed E-state index contributed by atoms with van der Waals surface area (Å²) in [5, 5.41) is 7.08. The zero-order chi connectivity index (χ0) is 20.7. The molecule has 0 atom stereocenters. The number of imidazole rings is 1. The van der Waals surface area contributed by atoms with Crippen molar-refractivity contribution in [3.8, 4) is 0 Å². The van der Waals surface area contributed by atoms with Gasteiger partial charge in [-0.3, -0.25) is 4.99 Å². The smallest absolute Gasteiger partial charge is 0.220 e. The van der Waals surface area contributed by atoms with Gasteiger partial charge >= 0.3 is 0 Å². The topological polar surface area (TPSA) is 109 Å². The van der Waals surface area contributed by atoms with Crippen molar-refractivity contribution in [1.82, 2.24) is 29.2 Å². The lowest BCUT2D eigenvalue weighted by atomic mass is 10.3. The number of unbranched alkanes of at least 4 members (excludes halogenated alkanes) is 1. The monoisotopic (exact) mass is 551 g/mol. The molecule has 0 bridgehead atoms. The van der Waals surface area contributed by atoms with E-state index in [9.17, 15) is 8.42 Å². The molecule has 1 aliphatic heterocycles. The van der Waals surface area contributed by atoms with Gasteiger partial charge in [-0.1, -0.05) is 5.16 Å². The average molecular weight is 551 g/mol. The lowest BCUT2D eigenvalue weighted by Gasteiger charge is -2.35. The molecule has 0 aliphatic carbocycles. The number of sulfonamides is 1. The molecule has 1 fully saturated rings. The number of nitrogens with zero attached hydrogens (tertiary/aromatic N) is 6. The van der Waals surface area contributed by atoms with E-state index < -0.39 is 10.0 Å². The summed E-state index contributed by atoms with van der Waals surface area (Å²) < 4.78 is 33.5. The molecule has 0 spiro atoms. The Morgan fingerprint density at radius 1 is 1.27 bits per heavy atom. The number of guanidine groups is 1. The first kappa shape index (κ1) is 24.6. The maximum absolute atomic E-state index is 12.5. The molecule has 0 unspecified atom stereocenters. The van der Waals surface area contributed by atoms with Gasteiger partial charge in [0.25, 0.3) is 0 Å². The van der Waals surface area contributed by atoms with Crippen molar-refractivity contribution >= 4 is 40.0 Å². The Morgan fingerprint density at radius 2 is 2.03 bits per heavy atom. The Morgan fingerprint density at radius 3 is 2.63 bits per heavy atom. The molecule has 1 aliphatic rings. The summed E-state index contributed by atoms with van der Waals surface area (Å²) in [6, 6.07) is 1.58. The molecule has 0 amide bonds. The molecule has 3 heterocycles. The molecular formula is C18H30IN7O3S. The van der Waals surface area contributed by atoms with Crippen LogP contribution in [0.1, 0.15) is 24.4 Å². The van der Waals surface area contributed by atoms with Gasteiger partial charge in [-0.25, -0.2) is 13.4 Å². The minimum Gasteiger partial charge on any atom is -0.364 e. The highest BCUT2D eigenvalue weighted by Gasteiger charge is 2.28. The van der Waals surface area contributed by atoms with Crippen molar-refractivity contribution in [1.29, 1.82) is 0 Å². The second-order valence-corrected chi connectivity index (χ2v) is 8.95. The number of piperazine rings is 1. The van der Waals surface area contributed by atoms with E-state index in [2.05, 4.69) is 29.9 Å². The van der Waals surface area contributed by atoms with Gasteiger partial charge in [0.2, 0.25) is 10.0 Å². The third-order valence-corrected chi connectivity index (χ3v) is 6.81. The summed E-state index contributed by atoms with van der Waals surface area (Å²) in [6.07, 6.45) is 7.27. The minimum atomic E-state index is -3.40. The second-order valence-electron chi connectivity index (χ2n) is 6.98. The predicted molar refractivity (Wildman–Crippen MR) is 125 cm³/mol. The molecule has 30 heavy (non-hydrogen) atoms. The lowest BCUT2D eigenvalue weighted by molar-refractivity contribution is 0.259. The molecule has 2 aromatic heterocycles. The van der Waals surface area contributed by atoms with Crippen LogP contribution in [0.2, 0.25) is 0 Å². The molecule has 10 nitrogen and oxygen atoms in total. The second kappa shape index (κ2) is 11.6. The van der Waals surface area contributed by atoms with Gasteiger partial charge in [0, 0.05) is 64.8 Å². The van der Waals surface area contributed by atoms with Gasteiger partial charge in [-0.15, -0.1) is 24.0 Å². The fourth-order valence-corrected chi connectivity index (χ4v) is 4.77. The molecule has 0 aromatic carbocycles. The third-order valence-electron chi connectivity index (χ3n) is 5.00. The van der Waals surface area contributed by atoms with Gasteiger partial charge in [-0.2, -0.15) is 4.31 Å². The van der Waals surface area contributed by atoms with Crippen LogP contribution in [0.4, 0.5) is 0 Å². The predicted octanol–water partition coefficient (Wildman–Crippen LogP) is 1.30. The van der Waals surface area contributed by atoms with E-state index in [0.717, 1.165) is 37.7 Å². The summed E-state index contributed by atoms with van der Waals surface area (Å²) in [7, 11) is -1.64.